The second kappa shape index (κ2) is 10.4. The largest absolute Gasteiger partial charge is 0.416 e. The van der Waals surface area contributed by atoms with E-state index >= 15 is 0 Å². The Kier molecular flexibility index (Phi) is 7.59. The van der Waals surface area contributed by atoms with Crippen molar-refractivity contribution in [2.75, 3.05) is 11.4 Å². The lowest BCUT2D eigenvalue weighted by Gasteiger charge is -2.18. The molecule has 1 heterocycles. The molecular formula is C23H19F4N3O2S. The SMILES string of the molecule is CC(=O)N(c1nc(/C=C/C(=O)NCCc2ccc(C(F)(F)F)cc2)cs1)c1ccccc1F. The first-order chi connectivity index (χ1) is 15.6. The molecule has 172 valence electrons. The highest BCUT2D eigenvalue weighted by molar-refractivity contribution is 7.14. The summed E-state index contributed by atoms with van der Waals surface area (Å²) in [6.07, 6.45) is -1.31. The van der Waals surface area contributed by atoms with Gasteiger partial charge in [-0.05, 0) is 42.3 Å². The lowest BCUT2D eigenvalue weighted by molar-refractivity contribution is -0.137. The normalized spacial score (nSPS) is 11.5. The van der Waals surface area contributed by atoms with Crippen molar-refractivity contribution in [1.82, 2.24) is 10.3 Å². The van der Waals surface area contributed by atoms with Gasteiger partial charge in [-0.3, -0.25) is 14.5 Å². The Morgan fingerprint density at radius 1 is 1.12 bits per heavy atom. The highest BCUT2D eigenvalue weighted by atomic mass is 32.1. The third-order valence-corrected chi connectivity index (χ3v) is 5.35. The van der Waals surface area contributed by atoms with Crippen molar-refractivity contribution in [1.29, 1.82) is 0 Å². The number of amides is 2. The van der Waals surface area contributed by atoms with Crippen LogP contribution in [0.5, 0.6) is 0 Å². The lowest BCUT2D eigenvalue weighted by Crippen LogP contribution is -2.23. The molecule has 10 heteroatoms. The molecule has 33 heavy (non-hydrogen) atoms. The van der Waals surface area contributed by atoms with Crippen molar-refractivity contribution in [3.05, 3.63) is 82.6 Å². The molecule has 0 saturated carbocycles. The molecular weight excluding hydrogens is 458 g/mol. The monoisotopic (exact) mass is 477 g/mol. The summed E-state index contributed by atoms with van der Waals surface area (Å²) in [7, 11) is 0. The molecule has 0 aliphatic heterocycles. The molecule has 3 aromatic rings. The predicted molar refractivity (Wildman–Crippen MR) is 119 cm³/mol. The Labute approximate surface area is 191 Å². The van der Waals surface area contributed by atoms with E-state index < -0.39 is 29.4 Å². The number of thiazole rings is 1. The summed E-state index contributed by atoms with van der Waals surface area (Å²) >= 11 is 1.12. The standard InChI is InChI=1S/C23H19F4N3O2S/c1-15(31)30(20-5-3-2-4-19(20)24)22-29-18(14-33-22)10-11-21(32)28-13-12-16-6-8-17(9-7-16)23(25,26)27/h2-11,14H,12-13H2,1H3,(H,28,32)/b11-10+. The number of halogens is 4. The van der Waals surface area contributed by atoms with E-state index in [2.05, 4.69) is 10.3 Å². The fourth-order valence-corrected chi connectivity index (χ4v) is 3.75. The van der Waals surface area contributed by atoms with Crippen LogP contribution in [0.4, 0.5) is 28.4 Å². The third kappa shape index (κ3) is 6.48. The topological polar surface area (TPSA) is 62.3 Å². The van der Waals surface area contributed by atoms with Gasteiger partial charge in [0.15, 0.2) is 5.13 Å². The molecule has 0 bridgehead atoms. The number of nitrogens with one attached hydrogen (secondary N) is 1. The van der Waals surface area contributed by atoms with Crippen LogP contribution in [0.15, 0.2) is 60.0 Å². The number of aromatic nitrogens is 1. The van der Waals surface area contributed by atoms with Crippen LogP contribution in [-0.4, -0.2) is 23.3 Å². The fourth-order valence-electron chi connectivity index (χ4n) is 2.91. The Balaban J connectivity index is 1.56. The second-order valence-corrected chi connectivity index (χ2v) is 7.77. The lowest BCUT2D eigenvalue weighted by atomic mass is 10.1. The zero-order valence-corrected chi connectivity index (χ0v) is 18.2. The van der Waals surface area contributed by atoms with E-state index in [4.69, 9.17) is 0 Å². The summed E-state index contributed by atoms with van der Waals surface area (Å²) in [5.74, 6) is -1.38. The molecule has 0 aliphatic carbocycles. The van der Waals surface area contributed by atoms with Gasteiger partial charge in [0.2, 0.25) is 11.8 Å². The van der Waals surface area contributed by atoms with E-state index in [0.29, 0.717) is 17.7 Å². The molecule has 0 aliphatic rings. The first-order valence-corrected chi connectivity index (χ1v) is 10.7. The summed E-state index contributed by atoms with van der Waals surface area (Å²) in [6, 6.07) is 10.6. The molecule has 0 atom stereocenters. The van der Waals surface area contributed by atoms with Crippen molar-refractivity contribution in [3.63, 3.8) is 0 Å². The van der Waals surface area contributed by atoms with Gasteiger partial charge in [-0.25, -0.2) is 9.37 Å². The third-order valence-electron chi connectivity index (χ3n) is 4.51. The van der Waals surface area contributed by atoms with E-state index in [9.17, 15) is 27.2 Å². The van der Waals surface area contributed by atoms with Crippen LogP contribution in [-0.2, 0) is 22.2 Å². The Morgan fingerprint density at radius 3 is 2.45 bits per heavy atom. The smallest absolute Gasteiger partial charge is 0.352 e. The molecule has 0 spiro atoms. The van der Waals surface area contributed by atoms with E-state index in [1.54, 1.807) is 11.4 Å². The van der Waals surface area contributed by atoms with E-state index in [1.807, 2.05) is 0 Å². The molecule has 1 aromatic heterocycles. The minimum Gasteiger partial charge on any atom is -0.352 e. The number of rotatable bonds is 7. The van der Waals surface area contributed by atoms with E-state index in [0.717, 1.165) is 28.4 Å². The second-order valence-electron chi connectivity index (χ2n) is 6.93. The van der Waals surface area contributed by atoms with Gasteiger partial charge in [-0.15, -0.1) is 11.3 Å². The first-order valence-electron chi connectivity index (χ1n) is 9.78. The maximum atomic E-state index is 14.1. The van der Waals surface area contributed by atoms with Crippen LogP contribution in [0.3, 0.4) is 0 Å². The summed E-state index contributed by atoms with van der Waals surface area (Å²) in [5, 5.41) is 4.52. The van der Waals surface area contributed by atoms with Gasteiger partial charge in [-0.1, -0.05) is 24.3 Å². The number of hydrogen-bond donors (Lipinski definition) is 1. The molecule has 0 fully saturated rings. The number of benzene rings is 2. The first kappa shape index (κ1) is 24.1. The summed E-state index contributed by atoms with van der Waals surface area (Å²) in [4.78, 5) is 29.5. The predicted octanol–water partition coefficient (Wildman–Crippen LogP) is 5.36. The van der Waals surface area contributed by atoms with Crippen molar-refractivity contribution >= 4 is 40.0 Å². The highest BCUT2D eigenvalue weighted by Crippen LogP contribution is 2.31. The maximum absolute atomic E-state index is 14.1. The minimum atomic E-state index is -4.39. The van der Waals surface area contributed by atoms with Crippen molar-refractivity contribution < 1.29 is 27.2 Å². The van der Waals surface area contributed by atoms with Gasteiger partial charge in [0.1, 0.15) is 5.82 Å². The molecule has 2 amide bonds. The van der Waals surface area contributed by atoms with Gasteiger partial charge < -0.3 is 5.32 Å². The maximum Gasteiger partial charge on any atom is 0.416 e. The average Bonchev–Trinajstić information content (AvgIpc) is 3.22. The van der Waals surface area contributed by atoms with Gasteiger partial charge in [0, 0.05) is 24.9 Å². The summed E-state index contributed by atoms with van der Waals surface area (Å²) < 4.78 is 51.9. The Hall–Kier alpha value is -3.53. The zero-order chi connectivity index (χ0) is 24.0. The van der Waals surface area contributed by atoms with Crippen molar-refractivity contribution in [2.24, 2.45) is 0 Å². The molecule has 1 N–H and O–H groups in total. The number of alkyl halides is 3. The van der Waals surface area contributed by atoms with Crippen LogP contribution < -0.4 is 10.2 Å². The van der Waals surface area contributed by atoms with Gasteiger partial charge >= 0.3 is 6.18 Å². The molecule has 2 aromatic carbocycles. The van der Waals surface area contributed by atoms with Crippen LogP contribution in [0.1, 0.15) is 23.7 Å². The minimum absolute atomic E-state index is 0.0795. The fraction of sp³-hybridized carbons (Fsp3) is 0.174. The quantitative estimate of drug-likeness (QED) is 0.368. The number of carbonyl (C=O) groups is 2. The molecule has 3 rings (SSSR count). The summed E-state index contributed by atoms with van der Waals surface area (Å²) in [5.41, 5.74) is 0.430. The number of para-hydroxylation sites is 1. The summed E-state index contributed by atoms with van der Waals surface area (Å²) in [6.45, 7) is 1.54. The molecule has 0 radical (unpaired) electrons. The number of nitrogens with zero attached hydrogens (tertiary/aromatic N) is 2. The van der Waals surface area contributed by atoms with Crippen molar-refractivity contribution in [3.8, 4) is 0 Å². The van der Waals surface area contributed by atoms with E-state index in [1.165, 1.54) is 49.4 Å². The Morgan fingerprint density at radius 2 is 1.82 bits per heavy atom. The highest BCUT2D eigenvalue weighted by Gasteiger charge is 2.29. The van der Waals surface area contributed by atoms with Crippen LogP contribution in [0.2, 0.25) is 0 Å². The average molecular weight is 477 g/mol. The van der Waals surface area contributed by atoms with Crippen molar-refractivity contribution in [2.45, 2.75) is 19.5 Å². The number of anilines is 2. The molecule has 5 nitrogen and oxygen atoms in total. The van der Waals surface area contributed by atoms with Gasteiger partial charge in [0.05, 0.1) is 16.9 Å². The number of hydrogen-bond acceptors (Lipinski definition) is 4. The Bertz CT molecular complexity index is 1160. The zero-order valence-electron chi connectivity index (χ0n) is 17.4. The number of carbonyl (C=O) groups excluding carboxylic acids is 2. The van der Waals surface area contributed by atoms with E-state index in [-0.39, 0.29) is 17.4 Å². The molecule has 0 unspecified atom stereocenters. The van der Waals surface area contributed by atoms with Crippen LogP contribution in [0.25, 0.3) is 6.08 Å². The van der Waals surface area contributed by atoms with Crippen LogP contribution in [0, 0.1) is 5.82 Å². The molecule has 0 saturated heterocycles. The van der Waals surface area contributed by atoms with Crippen LogP contribution >= 0.6 is 11.3 Å². The van der Waals surface area contributed by atoms with Gasteiger partial charge in [0.25, 0.3) is 0 Å². The van der Waals surface area contributed by atoms with Gasteiger partial charge in [-0.2, -0.15) is 13.2 Å².